The van der Waals surface area contributed by atoms with Crippen molar-refractivity contribution in [2.24, 2.45) is 5.73 Å². The van der Waals surface area contributed by atoms with E-state index in [2.05, 4.69) is 51.1 Å². The van der Waals surface area contributed by atoms with Gasteiger partial charge in [-0.25, -0.2) is 4.98 Å². The number of halogens is 2. The molecule has 1 aliphatic heterocycles. The fraction of sp³-hybridized carbons (Fsp3) is 0.412. The summed E-state index contributed by atoms with van der Waals surface area (Å²) in [7, 11) is 2.14. The second-order valence-electron chi connectivity index (χ2n) is 6.00. The molecule has 2 aromatic rings. The van der Waals surface area contributed by atoms with E-state index >= 15 is 0 Å². The lowest BCUT2D eigenvalue weighted by atomic mass is 10.1. The summed E-state index contributed by atoms with van der Waals surface area (Å²) < 4.78 is 0. The summed E-state index contributed by atoms with van der Waals surface area (Å²) in [4.78, 5) is 13.4. The van der Waals surface area contributed by atoms with Crippen molar-refractivity contribution in [2.45, 2.75) is 6.42 Å². The fourth-order valence-corrected chi connectivity index (χ4v) is 2.81. The molecule has 0 radical (unpaired) electrons. The van der Waals surface area contributed by atoms with Crippen molar-refractivity contribution in [2.75, 3.05) is 50.4 Å². The summed E-state index contributed by atoms with van der Waals surface area (Å²) in [6.45, 7) is 4.65. The molecule has 8 heteroatoms. The van der Waals surface area contributed by atoms with Crippen molar-refractivity contribution in [3.05, 3.63) is 35.9 Å². The van der Waals surface area contributed by atoms with E-state index < -0.39 is 0 Å². The smallest absolute Gasteiger partial charge is 0.222 e. The zero-order chi connectivity index (χ0) is 16.2. The van der Waals surface area contributed by atoms with Crippen LogP contribution in [0.2, 0.25) is 0 Å². The van der Waals surface area contributed by atoms with Gasteiger partial charge in [0.05, 0.1) is 5.69 Å². The minimum absolute atomic E-state index is 0. The number of hydrogen-bond acceptors (Lipinski definition) is 6. The Kier molecular flexibility index (Phi) is 8.38. The van der Waals surface area contributed by atoms with Crippen LogP contribution in [0.3, 0.4) is 0 Å². The molecule has 0 unspecified atom stereocenters. The third-order valence-corrected chi connectivity index (χ3v) is 4.24. The number of rotatable bonds is 4. The number of nitrogen functional groups attached to an aromatic ring is 1. The van der Waals surface area contributed by atoms with Gasteiger partial charge in [0, 0.05) is 37.8 Å². The molecular weight excluding hydrogens is 359 g/mol. The van der Waals surface area contributed by atoms with Gasteiger partial charge in [-0.3, -0.25) is 0 Å². The number of likely N-dealkylation sites (N-methyl/N-ethyl adjacent to an activating group) is 1. The Morgan fingerprint density at radius 2 is 1.64 bits per heavy atom. The van der Waals surface area contributed by atoms with Crippen LogP contribution in [0.5, 0.6) is 0 Å². The second kappa shape index (κ2) is 9.77. The third-order valence-electron chi connectivity index (χ3n) is 4.24. The SMILES string of the molecule is CN1CCN(c2cc(-c3ccc(CCN)cc3)nc(N)n2)CC1.Cl.Cl. The monoisotopic (exact) mass is 384 g/mol. The first-order valence-electron chi connectivity index (χ1n) is 8.03. The number of piperazine rings is 1. The highest BCUT2D eigenvalue weighted by Gasteiger charge is 2.17. The molecular formula is C17H26Cl2N6. The molecule has 1 aromatic heterocycles. The first kappa shape index (κ1) is 21.4. The van der Waals surface area contributed by atoms with Gasteiger partial charge < -0.3 is 21.3 Å². The van der Waals surface area contributed by atoms with Gasteiger partial charge in [0.25, 0.3) is 0 Å². The largest absolute Gasteiger partial charge is 0.368 e. The van der Waals surface area contributed by atoms with E-state index in [9.17, 15) is 0 Å². The van der Waals surface area contributed by atoms with Crippen molar-refractivity contribution in [3.63, 3.8) is 0 Å². The molecule has 138 valence electrons. The molecule has 0 bridgehead atoms. The zero-order valence-electron chi connectivity index (χ0n) is 14.4. The molecule has 0 aliphatic carbocycles. The van der Waals surface area contributed by atoms with E-state index in [-0.39, 0.29) is 24.8 Å². The van der Waals surface area contributed by atoms with Crippen molar-refractivity contribution in [1.29, 1.82) is 0 Å². The Hall–Kier alpha value is -1.60. The Morgan fingerprint density at radius 1 is 1.00 bits per heavy atom. The van der Waals surface area contributed by atoms with E-state index in [1.807, 2.05) is 6.07 Å². The Labute approximate surface area is 161 Å². The lowest BCUT2D eigenvalue weighted by Gasteiger charge is -2.33. The first-order valence-corrected chi connectivity index (χ1v) is 8.03. The lowest BCUT2D eigenvalue weighted by molar-refractivity contribution is 0.312. The normalized spacial score (nSPS) is 14.6. The van der Waals surface area contributed by atoms with Crippen LogP contribution >= 0.6 is 24.8 Å². The summed E-state index contributed by atoms with van der Waals surface area (Å²) in [5.41, 5.74) is 14.7. The molecule has 3 rings (SSSR count). The Morgan fingerprint density at radius 3 is 2.24 bits per heavy atom. The lowest BCUT2D eigenvalue weighted by Crippen LogP contribution is -2.44. The summed E-state index contributed by atoms with van der Waals surface area (Å²) in [5, 5.41) is 0. The highest BCUT2D eigenvalue weighted by Crippen LogP contribution is 2.24. The molecule has 25 heavy (non-hydrogen) atoms. The number of nitrogens with two attached hydrogens (primary N) is 2. The molecule has 0 atom stereocenters. The molecule has 6 nitrogen and oxygen atoms in total. The average molecular weight is 385 g/mol. The molecule has 4 N–H and O–H groups in total. The Balaban J connectivity index is 0.00000156. The summed E-state index contributed by atoms with van der Waals surface area (Å²) in [5.74, 6) is 1.23. The maximum Gasteiger partial charge on any atom is 0.222 e. The van der Waals surface area contributed by atoms with Crippen LogP contribution in [-0.4, -0.2) is 54.6 Å². The van der Waals surface area contributed by atoms with Crippen molar-refractivity contribution < 1.29 is 0 Å². The first-order chi connectivity index (χ1) is 11.2. The van der Waals surface area contributed by atoms with E-state index in [0.29, 0.717) is 12.5 Å². The predicted octanol–water partition coefficient (Wildman–Crippen LogP) is 1.82. The maximum atomic E-state index is 5.93. The molecule has 0 saturated carbocycles. The van der Waals surface area contributed by atoms with Gasteiger partial charge in [-0.15, -0.1) is 24.8 Å². The number of aromatic nitrogens is 2. The summed E-state index contributed by atoms with van der Waals surface area (Å²) in [6, 6.07) is 10.4. The predicted molar refractivity (Wildman–Crippen MR) is 109 cm³/mol. The molecule has 1 fully saturated rings. The molecule has 1 aromatic carbocycles. The number of benzene rings is 1. The van der Waals surface area contributed by atoms with Crippen molar-refractivity contribution in [3.8, 4) is 11.3 Å². The van der Waals surface area contributed by atoms with Crippen molar-refractivity contribution in [1.82, 2.24) is 14.9 Å². The summed E-state index contributed by atoms with van der Waals surface area (Å²) in [6.07, 6.45) is 0.888. The fourth-order valence-electron chi connectivity index (χ4n) is 2.81. The molecule has 1 saturated heterocycles. The van der Waals surface area contributed by atoms with Gasteiger partial charge >= 0.3 is 0 Å². The number of hydrogen-bond donors (Lipinski definition) is 2. The highest BCUT2D eigenvalue weighted by molar-refractivity contribution is 5.85. The van der Waals surface area contributed by atoms with Gasteiger partial charge in [-0.05, 0) is 25.6 Å². The van der Waals surface area contributed by atoms with Crippen LogP contribution in [-0.2, 0) is 6.42 Å². The van der Waals surface area contributed by atoms with Gasteiger partial charge in [-0.2, -0.15) is 4.98 Å². The topological polar surface area (TPSA) is 84.3 Å². The van der Waals surface area contributed by atoms with E-state index in [1.54, 1.807) is 0 Å². The van der Waals surface area contributed by atoms with Crippen molar-refractivity contribution >= 4 is 36.6 Å². The second-order valence-corrected chi connectivity index (χ2v) is 6.00. The quantitative estimate of drug-likeness (QED) is 0.835. The van der Waals surface area contributed by atoms with Crippen LogP contribution < -0.4 is 16.4 Å². The van der Waals surface area contributed by atoms with Crippen LogP contribution in [0.15, 0.2) is 30.3 Å². The van der Waals surface area contributed by atoms with Crippen LogP contribution in [0, 0.1) is 0 Å². The number of anilines is 2. The average Bonchev–Trinajstić information content (AvgIpc) is 2.56. The van der Waals surface area contributed by atoms with Crippen LogP contribution in [0.4, 0.5) is 11.8 Å². The van der Waals surface area contributed by atoms with E-state index in [0.717, 1.165) is 49.7 Å². The molecule has 1 aliphatic rings. The Bertz CT molecular complexity index is 657. The van der Waals surface area contributed by atoms with Gasteiger partial charge in [0.15, 0.2) is 0 Å². The minimum Gasteiger partial charge on any atom is -0.368 e. The highest BCUT2D eigenvalue weighted by atomic mass is 35.5. The maximum absolute atomic E-state index is 5.93. The van der Waals surface area contributed by atoms with E-state index in [1.165, 1.54) is 5.56 Å². The molecule has 2 heterocycles. The zero-order valence-corrected chi connectivity index (χ0v) is 16.0. The minimum atomic E-state index is 0. The van der Waals surface area contributed by atoms with E-state index in [4.69, 9.17) is 11.5 Å². The summed E-state index contributed by atoms with van der Waals surface area (Å²) >= 11 is 0. The molecule has 0 amide bonds. The third kappa shape index (κ3) is 5.44. The van der Waals surface area contributed by atoms with Crippen LogP contribution in [0.1, 0.15) is 5.56 Å². The standard InChI is InChI=1S/C17H24N6.2ClH/c1-22-8-10-23(11-9-22)16-12-15(20-17(19)21-16)14-4-2-13(3-5-14)6-7-18;;/h2-5,12H,6-11,18H2,1H3,(H2,19,20,21);2*1H. The van der Waals surface area contributed by atoms with Gasteiger partial charge in [0.1, 0.15) is 5.82 Å². The number of nitrogens with zero attached hydrogens (tertiary/aromatic N) is 4. The van der Waals surface area contributed by atoms with Gasteiger partial charge in [0.2, 0.25) is 5.95 Å². The van der Waals surface area contributed by atoms with Gasteiger partial charge in [-0.1, -0.05) is 24.3 Å². The molecule has 0 spiro atoms. The van der Waals surface area contributed by atoms with Crippen LogP contribution in [0.25, 0.3) is 11.3 Å².